The molecule has 1 rings (SSSR count). The highest BCUT2D eigenvalue weighted by atomic mass is 16.5. The molecule has 0 spiro atoms. The van der Waals surface area contributed by atoms with Crippen molar-refractivity contribution in [2.75, 3.05) is 0 Å². The third-order valence-electron chi connectivity index (χ3n) is 1.70. The molecule has 1 aromatic heterocycles. The van der Waals surface area contributed by atoms with Gasteiger partial charge in [-0.25, -0.2) is 4.79 Å². The summed E-state index contributed by atoms with van der Waals surface area (Å²) in [4.78, 5) is 21.6. The highest BCUT2D eigenvalue weighted by molar-refractivity contribution is 6.02. The van der Waals surface area contributed by atoms with Gasteiger partial charge in [0, 0.05) is 0 Å². The second-order valence-electron chi connectivity index (χ2n) is 3.10. The molecule has 0 atom stereocenters. The van der Waals surface area contributed by atoms with Gasteiger partial charge in [0.25, 0.3) is 5.91 Å². The Morgan fingerprint density at radius 3 is 2.43 bits per heavy atom. The van der Waals surface area contributed by atoms with E-state index < -0.39 is 17.6 Å². The fourth-order valence-electron chi connectivity index (χ4n) is 1.07. The number of carboxylic acids is 1. The van der Waals surface area contributed by atoms with Crippen LogP contribution in [0.2, 0.25) is 0 Å². The first-order valence-corrected chi connectivity index (χ1v) is 3.97. The summed E-state index contributed by atoms with van der Waals surface area (Å²) in [6, 6.07) is 0. The molecule has 0 saturated carbocycles. The molecule has 1 amide bonds. The number of carboxylic acid groups (broad SMARTS) is 1. The maximum atomic E-state index is 10.8. The first-order valence-electron chi connectivity index (χ1n) is 3.97. The van der Waals surface area contributed by atoms with Crippen LogP contribution in [0.5, 0.6) is 0 Å². The summed E-state index contributed by atoms with van der Waals surface area (Å²) in [7, 11) is 0. The van der Waals surface area contributed by atoms with E-state index in [2.05, 4.69) is 9.68 Å². The van der Waals surface area contributed by atoms with E-state index in [-0.39, 0.29) is 17.2 Å². The average molecular weight is 198 g/mol. The van der Waals surface area contributed by atoms with Gasteiger partial charge >= 0.3 is 5.97 Å². The van der Waals surface area contributed by atoms with Crippen LogP contribution in [-0.4, -0.2) is 22.1 Å². The second kappa shape index (κ2) is 3.49. The minimum Gasteiger partial charge on any atom is -0.477 e. The summed E-state index contributed by atoms with van der Waals surface area (Å²) >= 11 is 0. The Bertz CT molecular complexity index is 381. The van der Waals surface area contributed by atoms with E-state index >= 15 is 0 Å². The van der Waals surface area contributed by atoms with Crippen LogP contribution >= 0.6 is 0 Å². The number of primary amides is 1. The largest absolute Gasteiger partial charge is 0.477 e. The van der Waals surface area contributed by atoms with Crippen LogP contribution < -0.4 is 5.73 Å². The SMILES string of the molecule is CC(C)c1noc(C(N)=O)c1C(=O)O. The lowest BCUT2D eigenvalue weighted by Gasteiger charge is -1.99. The molecular weight excluding hydrogens is 188 g/mol. The summed E-state index contributed by atoms with van der Waals surface area (Å²) in [6.45, 7) is 3.49. The van der Waals surface area contributed by atoms with Gasteiger partial charge in [-0.15, -0.1) is 0 Å². The topological polar surface area (TPSA) is 106 Å². The van der Waals surface area contributed by atoms with Gasteiger partial charge in [0.2, 0.25) is 5.76 Å². The van der Waals surface area contributed by atoms with Crippen LogP contribution in [0.3, 0.4) is 0 Å². The Hall–Kier alpha value is -1.85. The van der Waals surface area contributed by atoms with E-state index in [1.54, 1.807) is 13.8 Å². The van der Waals surface area contributed by atoms with Crippen molar-refractivity contribution in [3.8, 4) is 0 Å². The smallest absolute Gasteiger partial charge is 0.341 e. The molecule has 14 heavy (non-hydrogen) atoms. The Labute approximate surface area is 79.7 Å². The van der Waals surface area contributed by atoms with Crippen molar-refractivity contribution in [1.29, 1.82) is 0 Å². The lowest BCUT2D eigenvalue weighted by Crippen LogP contribution is -2.15. The number of carbonyl (C=O) groups is 2. The van der Waals surface area contributed by atoms with E-state index in [1.807, 2.05) is 0 Å². The third kappa shape index (κ3) is 1.59. The summed E-state index contributed by atoms with van der Waals surface area (Å²) in [5, 5.41) is 12.3. The summed E-state index contributed by atoms with van der Waals surface area (Å²) in [5.74, 6) is -2.73. The Morgan fingerprint density at radius 1 is 1.50 bits per heavy atom. The van der Waals surface area contributed by atoms with Gasteiger partial charge in [0.15, 0.2) is 0 Å². The molecular formula is C8H10N2O4. The van der Waals surface area contributed by atoms with Crippen molar-refractivity contribution in [1.82, 2.24) is 5.16 Å². The third-order valence-corrected chi connectivity index (χ3v) is 1.70. The highest BCUT2D eigenvalue weighted by Crippen LogP contribution is 2.21. The fourth-order valence-corrected chi connectivity index (χ4v) is 1.07. The zero-order valence-corrected chi connectivity index (χ0v) is 7.77. The molecule has 0 unspecified atom stereocenters. The number of nitrogens with two attached hydrogens (primary N) is 1. The van der Waals surface area contributed by atoms with E-state index in [4.69, 9.17) is 10.8 Å². The fraction of sp³-hybridized carbons (Fsp3) is 0.375. The molecule has 0 saturated heterocycles. The van der Waals surface area contributed by atoms with Gasteiger partial charge in [-0.1, -0.05) is 19.0 Å². The standard InChI is InChI=1S/C8H10N2O4/c1-3(2)5-4(8(12)13)6(7(9)11)14-10-5/h3H,1-2H3,(H2,9,11)(H,12,13). The molecule has 0 radical (unpaired) electrons. The lowest BCUT2D eigenvalue weighted by atomic mass is 10.0. The van der Waals surface area contributed by atoms with E-state index in [0.717, 1.165) is 0 Å². The van der Waals surface area contributed by atoms with Crippen molar-refractivity contribution in [3.63, 3.8) is 0 Å². The number of aromatic carboxylic acids is 1. The summed E-state index contributed by atoms with van der Waals surface area (Å²) in [5.41, 5.74) is 4.91. The van der Waals surface area contributed by atoms with Gasteiger partial charge in [-0.05, 0) is 5.92 Å². The molecule has 0 bridgehead atoms. The molecule has 1 aromatic rings. The normalized spacial score (nSPS) is 10.5. The van der Waals surface area contributed by atoms with E-state index in [0.29, 0.717) is 0 Å². The zero-order chi connectivity index (χ0) is 10.9. The zero-order valence-electron chi connectivity index (χ0n) is 7.77. The minimum absolute atomic E-state index is 0.141. The van der Waals surface area contributed by atoms with Crippen LogP contribution in [0.25, 0.3) is 0 Å². The number of carbonyl (C=O) groups excluding carboxylic acids is 1. The molecule has 76 valence electrons. The molecule has 3 N–H and O–H groups in total. The molecule has 0 aliphatic heterocycles. The predicted octanol–water partition coefficient (Wildman–Crippen LogP) is 0.595. The number of rotatable bonds is 3. The van der Waals surface area contributed by atoms with Crippen LogP contribution in [0.4, 0.5) is 0 Å². The maximum absolute atomic E-state index is 10.8. The second-order valence-corrected chi connectivity index (χ2v) is 3.10. The highest BCUT2D eigenvalue weighted by Gasteiger charge is 2.27. The number of nitrogens with zero attached hydrogens (tertiary/aromatic N) is 1. The Morgan fingerprint density at radius 2 is 2.07 bits per heavy atom. The summed E-state index contributed by atoms with van der Waals surface area (Å²) < 4.78 is 4.57. The van der Waals surface area contributed by atoms with Crippen molar-refractivity contribution in [2.45, 2.75) is 19.8 Å². The first-order chi connectivity index (χ1) is 6.45. The Kier molecular flexibility index (Phi) is 2.55. The van der Waals surface area contributed by atoms with Crippen molar-refractivity contribution < 1.29 is 19.2 Å². The van der Waals surface area contributed by atoms with Crippen LogP contribution in [-0.2, 0) is 0 Å². The number of hydrogen-bond acceptors (Lipinski definition) is 4. The molecule has 1 heterocycles. The maximum Gasteiger partial charge on any atom is 0.341 e. The minimum atomic E-state index is -1.26. The Balaban J connectivity index is 3.35. The van der Waals surface area contributed by atoms with E-state index in [1.165, 1.54) is 0 Å². The number of amides is 1. The molecule has 0 fully saturated rings. The average Bonchev–Trinajstić information content (AvgIpc) is 2.46. The van der Waals surface area contributed by atoms with Gasteiger partial charge in [-0.2, -0.15) is 0 Å². The number of hydrogen-bond donors (Lipinski definition) is 2. The molecule has 6 heteroatoms. The molecule has 6 nitrogen and oxygen atoms in total. The molecule has 0 aliphatic carbocycles. The number of aromatic nitrogens is 1. The predicted molar refractivity (Wildman–Crippen MR) is 46.1 cm³/mol. The van der Waals surface area contributed by atoms with Crippen LogP contribution in [0, 0.1) is 0 Å². The van der Waals surface area contributed by atoms with Crippen LogP contribution in [0.15, 0.2) is 4.52 Å². The summed E-state index contributed by atoms with van der Waals surface area (Å²) in [6.07, 6.45) is 0. The van der Waals surface area contributed by atoms with E-state index in [9.17, 15) is 9.59 Å². The van der Waals surface area contributed by atoms with Gasteiger partial charge < -0.3 is 15.4 Å². The van der Waals surface area contributed by atoms with Gasteiger partial charge in [0.1, 0.15) is 11.3 Å². The van der Waals surface area contributed by atoms with Crippen molar-refractivity contribution in [3.05, 3.63) is 17.0 Å². The van der Waals surface area contributed by atoms with Crippen molar-refractivity contribution in [2.24, 2.45) is 5.73 Å². The quantitative estimate of drug-likeness (QED) is 0.739. The van der Waals surface area contributed by atoms with Crippen LogP contribution in [0.1, 0.15) is 46.4 Å². The monoisotopic (exact) mass is 198 g/mol. The first kappa shape index (κ1) is 10.2. The van der Waals surface area contributed by atoms with Gasteiger partial charge in [-0.3, -0.25) is 4.79 Å². The lowest BCUT2D eigenvalue weighted by molar-refractivity contribution is 0.0688. The van der Waals surface area contributed by atoms with Crippen molar-refractivity contribution >= 4 is 11.9 Å². The molecule has 0 aromatic carbocycles. The van der Waals surface area contributed by atoms with Gasteiger partial charge in [0.05, 0.1) is 0 Å². The molecule has 0 aliphatic rings.